The predicted molar refractivity (Wildman–Crippen MR) is 44.3 cm³/mol. The van der Waals surface area contributed by atoms with Gasteiger partial charge < -0.3 is 0 Å². The smallest absolute Gasteiger partial charge is 0.139 e. The van der Waals surface area contributed by atoms with E-state index in [2.05, 4.69) is 13.8 Å². The second-order valence-electron chi connectivity index (χ2n) is 4.67. The minimum Gasteiger partial charge on any atom is -0.299 e. The van der Waals surface area contributed by atoms with Crippen molar-refractivity contribution in [2.45, 2.75) is 46.0 Å². The number of carbonyl (C=O) groups is 1. The van der Waals surface area contributed by atoms with Crippen LogP contribution in [0.25, 0.3) is 0 Å². The second-order valence-corrected chi connectivity index (χ2v) is 4.67. The van der Waals surface area contributed by atoms with E-state index in [1.54, 1.807) is 0 Å². The Kier molecular flexibility index (Phi) is 1.25. The van der Waals surface area contributed by atoms with E-state index in [1.807, 2.05) is 0 Å². The first-order valence-corrected chi connectivity index (χ1v) is 4.62. The summed E-state index contributed by atoms with van der Waals surface area (Å²) in [4.78, 5) is 11.6. The molecule has 2 aliphatic carbocycles. The van der Waals surface area contributed by atoms with Gasteiger partial charge in [-0.2, -0.15) is 0 Å². The van der Waals surface area contributed by atoms with Gasteiger partial charge >= 0.3 is 0 Å². The van der Waals surface area contributed by atoms with Crippen molar-refractivity contribution >= 4 is 5.78 Å². The molecule has 0 unspecified atom stereocenters. The number of ketones is 1. The average Bonchev–Trinajstić information content (AvgIpc) is 2.34. The van der Waals surface area contributed by atoms with E-state index in [0.29, 0.717) is 11.2 Å². The zero-order valence-electron chi connectivity index (χ0n) is 7.44. The molecule has 0 aliphatic heterocycles. The van der Waals surface area contributed by atoms with Crippen molar-refractivity contribution < 1.29 is 4.79 Å². The molecule has 1 nitrogen and oxygen atoms in total. The monoisotopic (exact) mass is 152 g/mol. The molecule has 0 heterocycles. The van der Waals surface area contributed by atoms with E-state index >= 15 is 0 Å². The van der Waals surface area contributed by atoms with E-state index in [4.69, 9.17) is 0 Å². The normalized spacial score (nSPS) is 49.8. The van der Waals surface area contributed by atoms with Crippen LogP contribution in [0.3, 0.4) is 0 Å². The number of carbonyl (C=O) groups excluding carboxylic acids is 1. The van der Waals surface area contributed by atoms with Gasteiger partial charge in [0.15, 0.2) is 0 Å². The van der Waals surface area contributed by atoms with Crippen molar-refractivity contribution in [1.82, 2.24) is 0 Å². The van der Waals surface area contributed by atoms with Crippen molar-refractivity contribution in [2.75, 3.05) is 0 Å². The molecule has 2 saturated carbocycles. The van der Waals surface area contributed by atoms with Gasteiger partial charge in [0.1, 0.15) is 5.78 Å². The molecule has 11 heavy (non-hydrogen) atoms. The zero-order chi connectivity index (χ0) is 8.11. The van der Waals surface area contributed by atoms with Crippen LogP contribution < -0.4 is 0 Å². The van der Waals surface area contributed by atoms with Gasteiger partial charge in [-0.25, -0.2) is 0 Å². The Morgan fingerprint density at radius 3 is 2.55 bits per heavy atom. The fourth-order valence-electron chi connectivity index (χ4n) is 2.95. The summed E-state index contributed by atoms with van der Waals surface area (Å²) >= 11 is 0. The maximum absolute atomic E-state index is 11.6. The summed E-state index contributed by atoms with van der Waals surface area (Å²) < 4.78 is 0. The summed E-state index contributed by atoms with van der Waals surface area (Å²) in [6.07, 6.45) is 5.66. The van der Waals surface area contributed by atoms with Crippen LogP contribution in [0.1, 0.15) is 46.0 Å². The molecule has 0 amide bonds. The van der Waals surface area contributed by atoms with E-state index in [9.17, 15) is 4.79 Å². The lowest BCUT2D eigenvalue weighted by Gasteiger charge is -2.32. The number of Topliss-reactive ketones (excluding diaryl/α,β-unsaturated/α-hetero) is 1. The fourth-order valence-corrected chi connectivity index (χ4v) is 2.95. The van der Waals surface area contributed by atoms with Gasteiger partial charge in [0.2, 0.25) is 0 Å². The lowest BCUT2D eigenvalue weighted by molar-refractivity contribution is -0.127. The SMILES string of the molecule is C[C@@]12CCC[C@]1(C)C(=O)CC2. The highest BCUT2D eigenvalue weighted by molar-refractivity contribution is 5.88. The van der Waals surface area contributed by atoms with Crippen LogP contribution in [0.5, 0.6) is 0 Å². The Morgan fingerprint density at radius 1 is 1.18 bits per heavy atom. The van der Waals surface area contributed by atoms with Crippen LogP contribution in [-0.2, 0) is 4.79 Å². The molecule has 2 atom stereocenters. The minimum atomic E-state index is 0.0625. The highest BCUT2D eigenvalue weighted by Crippen LogP contribution is 2.60. The van der Waals surface area contributed by atoms with Crippen LogP contribution in [0.15, 0.2) is 0 Å². The number of rotatable bonds is 0. The average molecular weight is 152 g/mol. The van der Waals surface area contributed by atoms with Crippen LogP contribution in [0, 0.1) is 10.8 Å². The Morgan fingerprint density at radius 2 is 1.91 bits per heavy atom. The summed E-state index contributed by atoms with van der Waals surface area (Å²) in [6, 6.07) is 0. The summed E-state index contributed by atoms with van der Waals surface area (Å²) in [5.41, 5.74) is 0.428. The second kappa shape index (κ2) is 1.88. The maximum atomic E-state index is 11.6. The summed E-state index contributed by atoms with van der Waals surface area (Å²) in [7, 11) is 0. The zero-order valence-corrected chi connectivity index (χ0v) is 7.44. The Bertz CT molecular complexity index is 209. The molecule has 0 N–H and O–H groups in total. The molecule has 0 bridgehead atoms. The van der Waals surface area contributed by atoms with E-state index < -0.39 is 0 Å². The van der Waals surface area contributed by atoms with Crippen molar-refractivity contribution in [3.63, 3.8) is 0 Å². The lowest BCUT2D eigenvalue weighted by Crippen LogP contribution is -2.31. The van der Waals surface area contributed by atoms with Gasteiger partial charge in [0.25, 0.3) is 0 Å². The third-order valence-electron chi connectivity index (χ3n) is 4.26. The molecule has 2 aliphatic rings. The minimum absolute atomic E-state index is 0.0625. The van der Waals surface area contributed by atoms with Crippen molar-refractivity contribution in [3.8, 4) is 0 Å². The molecule has 0 spiro atoms. The van der Waals surface area contributed by atoms with Gasteiger partial charge in [-0.3, -0.25) is 4.79 Å². The first kappa shape index (κ1) is 7.33. The van der Waals surface area contributed by atoms with Crippen molar-refractivity contribution in [3.05, 3.63) is 0 Å². The molecule has 0 aromatic rings. The first-order valence-electron chi connectivity index (χ1n) is 4.62. The fraction of sp³-hybridized carbons (Fsp3) is 0.900. The molecular weight excluding hydrogens is 136 g/mol. The molecule has 0 radical (unpaired) electrons. The van der Waals surface area contributed by atoms with E-state index in [1.165, 1.54) is 12.8 Å². The molecule has 1 heteroatoms. The standard InChI is InChI=1S/C10H16O/c1-9-5-3-6-10(9,2)8(11)4-7-9/h3-7H2,1-2H3/t9-,10+/m0/s1. The highest BCUT2D eigenvalue weighted by atomic mass is 16.1. The molecule has 0 aromatic carbocycles. The third-order valence-corrected chi connectivity index (χ3v) is 4.26. The number of hydrogen-bond donors (Lipinski definition) is 0. The Hall–Kier alpha value is -0.330. The van der Waals surface area contributed by atoms with Gasteiger partial charge in [-0.15, -0.1) is 0 Å². The molecular formula is C10H16O. The Balaban J connectivity index is 2.41. The van der Waals surface area contributed by atoms with Crippen LogP contribution in [-0.4, -0.2) is 5.78 Å². The van der Waals surface area contributed by atoms with Gasteiger partial charge in [-0.1, -0.05) is 20.3 Å². The predicted octanol–water partition coefficient (Wildman–Crippen LogP) is 2.55. The lowest BCUT2D eigenvalue weighted by atomic mass is 9.70. The summed E-state index contributed by atoms with van der Waals surface area (Å²) in [6.45, 7) is 4.47. The van der Waals surface area contributed by atoms with Crippen LogP contribution in [0.2, 0.25) is 0 Å². The van der Waals surface area contributed by atoms with Gasteiger partial charge in [-0.05, 0) is 24.7 Å². The number of hydrogen-bond acceptors (Lipinski definition) is 1. The first-order chi connectivity index (χ1) is 5.08. The quantitative estimate of drug-likeness (QED) is 0.521. The largest absolute Gasteiger partial charge is 0.299 e. The molecule has 62 valence electrons. The van der Waals surface area contributed by atoms with Crippen molar-refractivity contribution in [2.24, 2.45) is 10.8 Å². The van der Waals surface area contributed by atoms with Crippen molar-refractivity contribution in [1.29, 1.82) is 0 Å². The molecule has 2 fully saturated rings. The topological polar surface area (TPSA) is 17.1 Å². The van der Waals surface area contributed by atoms with Crippen LogP contribution in [0.4, 0.5) is 0 Å². The van der Waals surface area contributed by atoms with E-state index in [0.717, 1.165) is 19.3 Å². The molecule has 0 aromatic heterocycles. The summed E-state index contributed by atoms with van der Waals surface area (Å²) in [5, 5.41) is 0. The van der Waals surface area contributed by atoms with Gasteiger partial charge in [0, 0.05) is 11.8 Å². The van der Waals surface area contributed by atoms with Crippen LogP contribution >= 0.6 is 0 Å². The summed E-state index contributed by atoms with van der Waals surface area (Å²) in [5.74, 6) is 0.525. The molecule has 2 rings (SSSR count). The maximum Gasteiger partial charge on any atom is 0.139 e. The number of fused-ring (bicyclic) bond motifs is 1. The Labute approximate surface area is 68.2 Å². The third kappa shape index (κ3) is 0.692. The van der Waals surface area contributed by atoms with Gasteiger partial charge in [0.05, 0.1) is 0 Å². The van der Waals surface area contributed by atoms with E-state index in [-0.39, 0.29) is 5.41 Å². The molecule has 0 saturated heterocycles. The highest BCUT2D eigenvalue weighted by Gasteiger charge is 2.56.